The molecular formula is C16H21NOS. The first-order chi connectivity index (χ1) is 9.28. The minimum atomic E-state index is 0.290. The van der Waals surface area contributed by atoms with Crippen LogP contribution in [0.1, 0.15) is 36.0 Å². The predicted molar refractivity (Wildman–Crippen MR) is 79.8 cm³/mol. The molecule has 3 rings (SSSR count). The van der Waals surface area contributed by atoms with E-state index >= 15 is 0 Å². The molecule has 3 atom stereocenters. The highest BCUT2D eigenvalue weighted by molar-refractivity contribution is 7.98. The number of hydrogen-bond acceptors (Lipinski definition) is 3. The maximum atomic E-state index is 12.3. The van der Waals surface area contributed by atoms with Gasteiger partial charge in [-0.1, -0.05) is 18.6 Å². The number of ketones is 1. The summed E-state index contributed by atoms with van der Waals surface area (Å²) in [4.78, 5) is 13.6. The normalized spacial score (nSPS) is 29.4. The summed E-state index contributed by atoms with van der Waals surface area (Å²) in [6.45, 7) is 1.12. The number of carbonyl (C=O) groups is 1. The molecule has 102 valence electrons. The molecule has 3 heteroatoms. The molecule has 0 radical (unpaired) electrons. The van der Waals surface area contributed by atoms with Crippen molar-refractivity contribution in [3.63, 3.8) is 0 Å². The Labute approximate surface area is 119 Å². The zero-order chi connectivity index (χ0) is 13.2. The summed E-state index contributed by atoms with van der Waals surface area (Å²) in [6.07, 6.45) is 6.73. The van der Waals surface area contributed by atoms with E-state index in [0.29, 0.717) is 12.5 Å². The van der Waals surface area contributed by atoms with Gasteiger partial charge in [0.15, 0.2) is 5.78 Å². The van der Waals surface area contributed by atoms with Crippen LogP contribution in [0.5, 0.6) is 0 Å². The Morgan fingerprint density at radius 2 is 2.11 bits per heavy atom. The van der Waals surface area contributed by atoms with E-state index < -0.39 is 0 Å². The third kappa shape index (κ3) is 2.72. The highest BCUT2D eigenvalue weighted by Crippen LogP contribution is 2.39. The smallest absolute Gasteiger partial charge is 0.164 e. The lowest BCUT2D eigenvalue weighted by atomic mass is 9.90. The first-order valence-corrected chi connectivity index (χ1v) is 8.41. The van der Waals surface area contributed by atoms with Crippen molar-refractivity contribution in [1.82, 2.24) is 5.32 Å². The van der Waals surface area contributed by atoms with Gasteiger partial charge in [-0.05, 0) is 49.6 Å². The highest BCUT2D eigenvalue weighted by Gasteiger charge is 2.39. The van der Waals surface area contributed by atoms with E-state index in [9.17, 15) is 4.79 Å². The fraction of sp³-hybridized carbons (Fsp3) is 0.562. The van der Waals surface area contributed by atoms with Crippen LogP contribution < -0.4 is 5.32 Å². The van der Waals surface area contributed by atoms with Crippen LogP contribution in [0.4, 0.5) is 0 Å². The molecule has 2 aliphatic rings. The summed E-state index contributed by atoms with van der Waals surface area (Å²) in [5.74, 6) is 1.86. The molecule has 1 heterocycles. The van der Waals surface area contributed by atoms with E-state index in [4.69, 9.17) is 0 Å². The molecule has 0 bridgehead atoms. The lowest BCUT2D eigenvalue weighted by Crippen LogP contribution is -2.29. The third-order valence-electron chi connectivity index (χ3n) is 4.69. The second-order valence-electron chi connectivity index (χ2n) is 5.73. The molecule has 1 aliphatic carbocycles. The van der Waals surface area contributed by atoms with Gasteiger partial charge in [-0.25, -0.2) is 0 Å². The molecule has 0 amide bonds. The van der Waals surface area contributed by atoms with Crippen molar-refractivity contribution in [3.8, 4) is 0 Å². The van der Waals surface area contributed by atoms with Gasteiger partial charge in [0.1, 0.15) is 0 Å². The van der Waals surface area contributed by atoms with Gasteiger partial charge >= 0.3 is 0 Å². The standard InChI is InChI=1S/C16H21NOS/c1-19-13-7-5-11(6-8-13)16(18)9-15-14-4-2-3-12(14)10-17-15/h5-8,12,14-15,17H,2-4,9-10H2,1H3. The van der Waals surface area contributed by atoms with Crippen LogP contribution >= 0.6 is 11.8 Å². The molecule has 19 heavy (non-hydrogen) atoms. The number of fused-ring (bicyclic) bond motifs is 1. The quantitative estimate of drug-likeness (QED) is 0.675. The first-order valence-electron chi connectivity index (χ1n) is 7.18. The average Bonchev–Trinajstić information content (AvgIpc) is 3.04. The topological polar surface area (TPSA) is 29.1 Å². The molecule has 2 fully saturated rings. The van der Waals surface area contributed by atoms with Crippen molar-refractivity contribution in [2.24, 2.45) is 11.8 Å². The Morgan fingerprint density at radius 3 is 2.84 bits per heavy atom. The Hall–Kier alpha value is -0.800. The number of Topliss-reactive ketones (excluding diaryl/α,β-unsaturated/α-hetero) is 1. The summed E-state index contributed by atoms with van der Waals surface area (Å²) in [6, 6.07) is 8.43. The first kappa shape index (κ1) is 13.2. The Morgan fingerprint density at radius 1 is 1.32 bits per heavy atom. The Bertz CT molecular complexity index is 456. The summed E-state index contributed by atoms with van der Waals surface area (Å²) >= 11 is 1.71. The van der Waals surface area contributed by atoms with Crippen LogP contribution in [-0.4, -0.2) is 24.6 Å². The zero-order valence-electron chi connectivity index (χ0n) is 11.4. The second-order valence-corrected chi connectivity index (χ2v) is 6.61. The molecule has 1 aliphatic heterocycles. The van der Waals surface area contributed by atoms with Crippen LogP contribution in [0.15, 0.2) is 29.2 Å². The summed E-state index contributed by atoms with van der Waals surface area (Å²) in [5, 5.41) is 3.56. The molecule has 1 aromatic carbocycles. The number of benzene rings is 1. The van der Waals surface area contributed by atoms with Crippen molar-refractivity contribution in [2.75, 3.05) is 12.8 Å². The summed E-state index contributed by atoms with van der Waals surface area (Å²) < 4.78 is 0. The molecule has 0 aromatic heterocycles. The van der Waals surface area contributed by atoms with E-state index in [1.165, 1.54) is 24.2 Å². The van der Waals surface area contributed by atoms with Gasteiger partial charge in [0.05, 0.1) is 0 Å². The van der Waals surface area contributed by atoms with Crippen LogP contribution in [0, 0.1) is 11.8 Å². The van der Waals surface area contributed by atoms with Gasteiger partial charge in [0.2, 0.25) is 0 Å². The van der Waals surface area contributed by atoms with E-state index in [1.54, 1.807) is 11.8 Å². The lowest BCUT2D eigenvalue weighted by molar-refractivity contribution is 0.0963. The third-order valence-corrected chi connectivity index (χ3v) is 5.44. The van der Waals surface area contributed by atoms with Gasteiger partial charge in [0, 0.05) is 22.9 Å². The monoisotopic (exact) mass is 275 g/mol. The van der Waals surface area contributed by atoms with Crippen LogP contribution in [0.25, 0.3) is 0 Å². The summed E-state index contributed by atoms with van der Waals surface area (Å²) in [7, 11) is 0. The molecule has 0 spiro atoms. The van der Waals surface area contributed by atoms with Gasteiger partial charge in [-0.3, -0.25) is 4.79 Å². The van der Waals surface area contributed by atoms with Gasteiger partial charge in [-0.2, -0.15) is 0 Å². The van der Waals surface area contributed by atoms with Gasteiger partial charge < -0.3 is 5.32 Å². The fourth-order valence-electron chi connectivity index (χ4n) is 3.62. The molecular weight excluding hydrogens is 254 g/mol. The molecule has 3 unspecified atom stereocenters. The molecule has 1 N–H and O–H groups in total. The van der Waals surface area contributed by atoms with Crippen LogP contribution in [-0.2, 0) is 0 Å². The summed E-state index contributed by atoms with van der Waals surface area (Å²) in [5.41, 5.74) is 0.862. The van der Waals surface area contributed by atoms with Crippen molar-refractivity contribution < 1.29 is 4.79 Å². The number of hydrogen-bond donors (Lipinski definition) is 1. The largest absolute Gasteiger partial charge is 0.313 e. The van der Waals surface area contributed by atoms with Crippen molar-refractivity contribution in [3.05, 3.63) is 29.8 Å². The molecule has 1 aromatic rings. The molecule has 1 saturated carbocycles. The molecule has 1 saturated heterocycles. The Kier molecular flexibility index (Phi) is 3.94. The number of thioether (sulfide) groups is 1. The van der Waals surface area contributed by atoms with Crippen molar-refractivity contribution in [1.29, 1.82) is 0 Å². The van der Waals surface area contributed by atoms with E-state index in [2.05, 4.69) is 11.6 Å². The SMILES string of the molecule is CSc1ccc(C(=O)CC2NCC3CCCC32)cc1. The van der Waals surface area contributed by atoms with Crippen LogP contribution in [0.3, 0.4) is 0 Å². The molecule has 2 nitrogen and oxygen atoms in total. The number of rotatable bonds is 4. The highest BCUT2D eigenvalue weighted by atomic mass is 32.2. The lowest BCUT2D eigenvalue weighted by Gasteiger charge is -2.17. The number of carbonyl (C=O) groups excluding carboxylic acids is 1. The maximum Gasteiger partial charge on any atom is 0.164 e. The minimum absolute atomic E-state index is 0.290. The van der Waals surface area contributed by atoms with E-state index in [0.717, 1.165) is 23.9 Å². The van der Waals surface area contributed by atoms with Crippen molar-refractivity contribution in [2.45, 2.75) is 36.6 Å². The van der Waals surface area contributed by atoms with E-state index in [-0.39, 0.29) is 5.78 Å². The van der Waals surface area contributed by atoms with Gasteiger partial charge in [-0.15, -0.1) is 11.8 Å². The zero-order valence-corrected chi connectivity index (χ0v) is 12.2. The maximum absolute atomic E-state index is 12.3. The Balaban J connectivity index is 1.64. The van der Waals surface area contributed by atoms with Crippen LogP contribution in [0.2, 0.25) is 0 Å². The van der Waals surface area contributed by atoms with Crippen molar-refractivity contribution >= 4 is 17.5 Å². The fourth-order valence-corrected chi connectivity index (χ4v) is 4.03. The minimum Gasteiger partial charge on any atom is -0.313 e. The second kappa shape index (κ2) is 5.68. The van der Waals surface area contributed by atoms with Gasteiger partial charge in [0.25, 0.3) is 0 Å². The number of nitrogens with one attached hydrogen (secondary N) is 1. The van der Waals surface area contributed by atoms with E-state index in [1.807, 2.05) is 24.3 Å². The average molecular weight is 275 g/mol. The predicted octanol–water partition coefficient (Wildman–Crippen LogP) is 3.37.